The largest absolute Gasteiger partial charge is 0.388 e. The number of benzene rings is 1. The van der Waals surface area contributed by atoms with Crippen LogP contribution in [0.25, 0.3) is 0 Å². The molecule has 0 aliphatic carbocycles. The van der Waals surface area contributed by atoms with Gasteiger partial charge < -0.3 is 9.84 Å². The standard InChI is InChI=1S/C13H17BrO2/c1-9-3-2-4-11(12(9)14)13(15)10-5-7-16-8-6-10/h2-4,10,13,15H,5-8H2,1H3. The van der Waals surface area contributed by atoms with E-state index in [-0.39, 0.29) is 6.10 Å². The summed E-state index contributed by atoms with van der Waals surface area (Å²) in [5.41, 5.74) is 2.18. The minimum absolute atomic E-state index is 0.326. The minimum Gasteiger partial charge on any atom is -0.388 e. The molecule has 0 saturated carbocycles. The van der Waals surface area contributed by atoms with Gasteiger partial charge >= 0.3 is 0 Å². The van der Waals surface area contributed by atoms with E-state index in [0.29, 0.717) is 5.92 Å². The summed E-state index contributed by atoms with van der Waals surface area (Å²) >= 11 is 3.56. The molecule has 1 heterocycles. The molecule has 1 saturated heterocycles. The van der Waals surface area contributed by atoms with Crippen LogP contribution in [0.4, 0.5) is 0 Å². The van der Waals surface area contributed by atoms with E-state index in [1.54, 1.807) is 0 Å². The van der Waals surface area contributed by atoms with Crippen molar-refractivity contribution in [2.24, 2.45) is 5.92 Å². The molecular formula is C13H17BrO2. The summed E-state index contributed by atoms with van der Waals surface area (Å²) in [6, 6.07) is 6.04. The fourth-order valence-electron chi connectivity index (χ4n) is 2.18. The highest BCUT2D eigenvalue weighted by Crippen LogP contribution is 2.34. The molecule has 2 nitrogen and oxygen atoms in total. The maximum Gasteiger partial charge on any atom is 0.0830 e. The van der Waals surface area contributed by atoms with Gasteiger partial charge in [0.2, 0.25) is 0 Å². The molecule has 1 aliphatic rings. The number of hydrogen-bond acceptors (Lipinski definition) is 2. The molecule has 1 aromatic rings. The second-order valence-electron chi connectivity index (χ2n) is 4.37. The average molecular weight is 285 g/mol. The monoisotopic (exact) mass is 284 g/mol. The molecular weight excluding hydrogens is 268 g/mol. The molecule has 1 atom stereocenters. The lowest BCUT2D eigenvalue weighted by atomic mass is 9.89. The summed E-state index contributed by atoms with van der Waals surface area (Å²) in [5.74, 6) is 0.326. The molecule has 1 aliphatic heterocycles. The van der Waals surface area contributed by atoms with Crippen LogP contribution >= 0.6 is 15.9 Å². The van der Waals surface area contributed by atoms with E-state index in [2.05, 4.69) is 15.9 Å². The molecule has 1 N–H and O–H groups in total. The first kappa shape index (κ1) is 12.1. The highest BCUT2D eigenvalue weighted by Gasteiger charge is 2.25. The van der Waals surface area contributed by atoms with E-state index in [1.165, 1.54) is 5.56 Å². The second kappa shape index (κ2) is 5.30. The van der Waals surface area contributed by atoms with Crippen molar-refractivity contribution in [1.29, 1.82) is 0 Å². The van der Waals surface area contributed by atoms with Gasteiger partial charge in [0, 0.05) is 17.7 Å². The maximum atomic E-state index is 10.4. The van der Waals surface area contributed by atoms with Crippen molar-refractivity contribution >= 4 is 15.9 Å². The van der Waals surface area contributed by atoms with Gasteiger partial charge in [-0.05, 0) is 36.8 Å². The van der Waals surface area contributed by atoms with Crippen LogP contribution in [0.15, 0.2) is 22.7 Å². The molecule has 1 aromatic carbocycles. The first-order chi connectivity index (χ1) is 7.70. The van der Waals surface area contributed by atoms with Gasteiger partial charge in [-0.2, -0.15) is 0 Å². The highest BCUT2D eigenvalue weighted by atomic mass is 79.9. The quantitative estimate of drug-likeness (QED) is 0.904. The molecule has 16 heavy (non-hydrogen) atoms. The predicted octanol–water partition coefficient (Wildman–Crippen LogP) is 3.22. The van der Waals surface area contributed by atoms with Crippen molar-refractivity contribution < 1.29 is 9.84 Å². The van der Waals surface area contributed by atoms with Gasteiger partial charge in [-0.1, -0.05) is 34.1 Å². The Hall–Kier alpha value is -0.380. The lowest BCUT2D eigenvalue weighted by Crippen LogP contribution is -2.22. The first-order valence-corrected chi connectivity index (χ1v) is 6.50. The molecule has 3 heteroatoms. The Kier molecular flexibility index (Phi) is 4.00. The number of rotatable bonds is 2. The number of aliphatic hydroxyl groups is 1. The smallest absolute Gasteiger partial charge is 0.0830 e. The Labute approximate surface area is 105 Å². The molecule has 88 valence electrons. The van der Waals surface area contributed by atoms with Crippen LogP contribution in [0.5, 0.6) is 0 Å². The molecule has 0 amide bonds. The third-order valence-corrected chi connectivity index (χ3v) is 4.34. The van der Waals surface area contributed by atoms with Gasteiger partial charge in [0.05, 0.1) is 6.10 Å². The predicted molar refractivity (Wildman–Crippen MR) is 67.4 cm³/mol. The number of ether oxygens (including phenoxy) is 1. The summed E-state index contributed by atoms with van der Waals surface area (Å²) in [4.78, 5) is 0. The Morgan fingerprint density at radius 3 is 2.75 bits per heavy atom. The zero-order valence-electron chi connectivity index (χ0n) is 9.45. The molecule has 2 rings (SSSR count). The first-order valence-electron chi connectivity index (χ1n) is 5.71. The Balaban J connectivity index is 2.19. The topological polar surface area (TPSA) is 29.5 Å². The third-order valence-electron chi connectivity index (χ3n) is 3.25. The van der Waals surface area contributed by atoms with Gasteiger partial charge in [0.25, 0.3) is 0 Å². The Morgan fingerprint density at radius 1 is 1.38 bits per heavy atom. The number of aliphatic hydroxyl groups excluding tert-OH is 1. The van der Waals surface area contributed by atoms with Crippen molar-refractivity contribution in [3.8, 4) is 0 Å². The summed E-state index contributed by atoms with van der Waals surface area (Å²) in [6.45, 7) is 3.58. The number of halogens is 1. The van der Waals surface area contributed by atoms with Crippen LogP contribution in [-0.4, -0.2) is 18.3 Å². The highest BCUT2D eigenvalue weighted by molar-refractivity contribution is 9.10. The van der Waals surface area contributed by atoms with E-state index in [0.717, 1.165) is 36.1 Å². The van der Waals surface area contributed by atoms with Crippen molar-refractivity contribution in [2.45, 2.75) is 25.9 Å². The maximum absolute atomic E-state index is 10.4. The minimum atomic E-state index is -0.377. The summed E-state index contributed by atoms with van der Waals surface area (Å²) in [5, 5.41) is 10.4. The van der Waals surface area contributed by atoms with Gasteiger partial charge in [-0.25, -0.2) is 0 Å². The van der Waals surface area contributed by atoms with E-state index in [9.17, 15) is 5.11 Å². The molecule has 0 bridgehead atoms. The van der Waals surface area contributed by atoms with Crippen molar-refractivity contribution in [1.82, 2.24) is 0 Å². The fraction of sp³-hybridized carbons (Fsp3) is 0.538. The van der Waals surface area contributed by atoms with Gasteiger partial charge in [-0.3, -0.25) is 0 Å². The lowest BCUT2D eigenvalue weighted by molar-refractivity contribution is 0.00690. The number of hydrogen-bond donors (Lipinski definition) is 1. The van der Waals surface area contributed by atoms with Crippen LogP contribution in [0.2, 0.25) is 0 Å². The van der Waals surface area contributed by atoms with E-state index >= 15 is 0 Å². The van der Waals surface area contributed by atoms with Crippen molar-refractivity contribution in [2.75, 3.05) is 13.2 Å². The molecule has 1 unspecified atom stereocenters. The van der Waals surface area contributed by atoms with Gasteiger partial charge in [0.15, 0.2) is 0 Å². The third kappa shape index (κ3) is 2.47. The SMILES string of the molecule is Cc1cccc(C(O)C2CCOCC2)c1Br. The molecule has 0 radical (unpaired) electrons. The summed E-state index contributed by atoms with van der Waals surface area (Å²) in [6.07, 6.45) is 1.52. The van der Waals surface area contributed by atoms with E-state index in [4.69, 9.17) is 4.74 Å². The van der Waals surface area contributed by atoms with E-state index in [1.807, 2.05) is 25.1 Å². The Bertz CT molecular complexity index is 359. The molecule has 0 spiro atoms. The fourth-order valence-corrected chi connectivity index (χ4v) is 2.68. The summed E-state index contributed by atoms with van der Waals surface area (Å²) in [7, 11) is 0. The van der Waals surface area contributed by atoms with Crippen LogP contribution in [-0.2, 0) is 4.74 Å². The zero-order chi connectivity index (χ0) is 11.5. The van der Waals surface area contributed by atoms with E-state index < -0.39 is 0 Å². The molecule has 0 aromatic heterocycles. The van der Waals surface area contributed by atoms with Crippen molar-refractivity contribution in [3.05, 3.63) is 33.8 Å². The second-order valence-corrected chi connectivity index (χ2v) is 5.17. The van der Waals surface area contributed by atoms with Crippen LogP contribution in [0.3, 0.4) is 0 Å². The van der Waals surface area contributed by atoms with Gasteiger partial charge in [0.1, 0.15) is 0 Å². The van der Waals surface area contributed by atoms with Crippen molar-refractivity contribution in [3.63, 3.8) is 0 Å². The van der Waals surface area contributed by atoms with Crippen LogP contribution in [0, 0.1) is 12.8 Å². The normalized spacial score (nSPS) is 19.7. The van der Waals surface area contributed by atoms with Crippen LogP contribution < -0.4 is 0 Å². The number of aryl methyl sites for hydroxylation is 1. The Morgan fingerprint density at radius 2 is 2.06 bits per heavy atom. The van der Waals surface area contributed by atoms with Crippen LogP contribution in [0.1, 0.15) is 30.1 Å². The zero-order valence-corrected chi connectivity index (χ0v) is 11.0. The molecule has 1 fully saturated rings. The van der Waals surface area contributed by atoms with Gasteiger partial charge in [-0.15, -0.1) is 0 Å². The summed E-state index contributed by atoms with van der Waals surface area (Å²) < 4.78 is 6.35. The average Bonchev–Trinajstić information content (AvgIpc) is 2.33. The lowest BCUT2D eigenvalue weighted by Gasteiger charge is -2.27.